The molecule has 0 saturated heterocycles. The first-order valence-electron chi connectivity index (χ1n) is 5.48. The lowest BCUT2D eigenvalue weighted by atomic mass is 10.3. The van der Waals surface area contributed by atoms with Crippen LogP contribution < -0.4 is 4.74 Å². The van der Waals surface area contributed by atoms with E-state index in [1.54, 1.807) is 12.1 Å². The summed E-state index contributed by atoms with van der Waals surface area (Å²) in [6.45, 7) is 0. The lowest BCUT2D eigenvalue weighted by molar-refractivity contribution is -0.137. The van der Waals surface area contributed by atoms with Gasteiger partial charge in [0.1, 0.15) is 5.75 Å². The van der Waals surface area contributed by atoms with Gasteiger partial charge >= 0.3 is 5.97 Å². The van der Waals surface area contributed by atoms with Crippen LogP contribution in [-0.2, 0) is 19.6 Å². The standard InChI is InChI=1S/C11H12N2O5S2/c1-17-7-3-4-8-9(5-7)13(11(19)12-8)20(15,16)6-10(14)18-2/h3-5H,6H2,1-2H3,(H,12,19). The van der Waals surface area contributed by atoms with Crippen LogP contribution >= 0.6 is 12.2 Å². The van der Waals surface area contributed by atoms with Gasteiger partial charge in [0.25, 0.3) is 10.0 Å². The number of ether oxygens (including phenoxy) is 2. The third kappa shape index (κ3) is 2.54. The molecule has 1 aromatic heterocycles. The summed E-state index contributed by atoms with van der Waals surface area (Å²) in [6.07, 6.45) is 0. The summed E-state index contributed by atoms with van der Waals surface area (Å²) in [5.74, 6) is -1.17. The Bertz CT molecular complexity index is 819. The minimum absolute atomic E-state index is 0.0165. The molecule has 108 valence electrons. The summed E-state index contributed by atoms with van der Waals surface area (Å²) in [7, 11) is -1.37. The van der Waals surface area contributed by atoms with Gasteiger partial charge in [0.05, 0.1) is 25.3 Å². The molecule has 1 aromatic carbocycles. The summed E-state index contributed by atoms with van der Waals surface area (Å²) in [5, 5.41) is 0. The second-order valence-corrected chi connectivity index (χ2v) is 6.11. The number of nitrogens with zero attached hydrogens (tertiary/aromatic N) is 1. The Morgan fingerprint density at radius 3 is 2.70 bits per heavy atom. The van der Waals surface area contributed by atoms with Crippen LogP contribution in [0.25, 0.3) is 11.0 Å². The van der Waals surface area contributed by atoms with Crippen LogP contribution in [-0.4, -0.2) is 43.3 Å². The van der Waals surface area contributed by atoms with Gasteiger partial charge in [0.2, 0.25) is 0 Å². The number of carbonyl (C=O) groups is 1. The highest BCUT2D eigenvalue weighted by atomic mass is 32.2. The van der Waals surface area contributed by atoms with Gasteiger partial charge < -0.3 is 14.5 Å². The highest BCUT2D eigenvalue weighted by Crippen LogP contribution is 2.22. The fourth-order valence-corrected chi connectivity index (χ4v) is 3.58. The number of carbonyl (C=O) groups excluding carboxylic acids is 1. The Morgan fingerprint density at radius 1 is 1.40 bits per heavy atom. The molecule has 0 aliphatic carbocycles. The van der Waals surface area contributed by atoms with Crippen LogP contribution in [0.1, 0.15) is 0 Å². The molecular formula is C11H12N2O5S2. The molecular weight excluding hydrogens is 304 g/mol. The van der Waals surface area contributed by atoms with E-state index in [0.29, 0.717) is 16.8 Å². The fraction of sp³-hybridized carbons (Fsp3) is 0.273. The highest BCUT2D eigenvalue weighted by molar-refractivity contribution is 7.91. The van der Waals surface area contributed by atoms with E-state index in [1.165, 1.54) is 13.2 Å². The minimum atomic E-state index is -3.96. The Kier molecular flexibility index (Phi) is 3.82. The van der Waals surface area contributed by atoms with Crippen molar-refractivity contribution in [3.63, 3.8) is 0 Å². The van der Waals surface area contributed by atoms with Crippen LogP contribution in [0.3, 0.4) is 0 Å². The number of benzene rings is 1. The van der Waals surface area contributed by atoms with Gasteiger partial charge in [-0.05, 0) is 24.4 Å². The zero-order valence-corrected chi connectivity index (χ0v) is 12.4. The van der Waals surface area contributed by atoms with Crippen molar-refractivity contribution in [2.24, 2.45) is 0 Å². The summed E-state index contributed by atoms with van der Waals surface area (Å²) >= 11 is 5.00. The maximum absolute atomic E-state index is 12.2. The summed E-state index contributed by atoms with van der Waals surface area (Å²) in [4.78, 5) is 14.0. The molecule has 1 N–H and O–H groups in total. The lowest BCUT2D eigenvalue weighted by Crippen LogP contribution is -2.23. The average Bonchev–Trinajstić information content (AvgIpc) is 2.73. The first kappa shape index (κ1) is 14.5. The maximum Gasteiger partial charge on any atom is 0.322 e. The molecule has 0 amide bonds. The first-order chi connectivity index (χ1) is 9.39. The minimum Gasteiger partial charge on any atom is -0.497 e. The molecule has 7 nitrogen and oxygen atoms in total. The zero-order valence-electron chi connectivity index (χ0n) is 10.7. The smallest absolute Gasteiger partial charge is 0.322 e. The van der Waals surface area contributed by atoms with E-state index in [2.05, 4.69) is 9.72 Å². The number of aromatic amines is 1. The Morgan fingerprint density at radius 2 is 2.10 bits per heavy atom. The lowest BCUT2D eigenvalue weighted by Gasteiger charge is -2.06. The predicted octanol–water partition coefficient (Wildman–Crippen LogP) is 1.06. The van der Waals surface area contributed by atoms with Gasteiger partial charge in [-0.2, -0.15) is 0 Å². The molecule has 0 aliphatic rings. The predicted molar refractivity (Wildman–Crippen MR) is 74.9 cm³/mol. The van der Waals surface area contributed by atoms with Crippen molar-refractivity contribution in [2.45, 2.75) is 0 Å². The van der Waals surface area contributed by atoms with E-state index in [9.17, 15) is 13.2 Å². The maximum atomic E-state index is 12.2. The van der Waals surface area contributed by atoms with Gasteiger partial charge in [-0.15, -0.1) is 0 Å². The molecule has 9 heteroatoms. The second kappa shape index (κ2) is 5.25. The number of imidazole rings is 1. The molecule has 0 fully saturated rings. The van der Waals surface area contributed by atoms with Crippen molar-refractivity contribution >= 4 is 39.2 Å². The van der Waals surface area contributed by atoms with Crippen LogP contribution in [0, 0.1) is 4.77 Å². The van der Waals surface area contributed by atoms with Crippen LogP contribution in [0.5, 0.6) is 5.75 Å². The van der Waals surface area contributed by atoms with Crippen molar-refractivity contribution in [3.8, 4) is 5.75 Å². The van der Waals surface area contributed by atoms with E-state index >= 15 is 0 Å². The molecule has 0 spiro atoms. The van der Waals surface area contributed by atoms with E-state index < -0.39 is 21.7 Å². The van der Waals surface area contributed by atoms with E-state index in [4.69, 9.17) is 17.0 Å². The molecule has 0 aliphatic heterocycles. The quantitative estimate of drug-likeness (QED) is 0.670. The molecule has 0 bridgehead atoms. The van der Waals surface area contributed by atoms with E-state index in [-0.39, 0.29) is 4.77 Å². The molecule has 0 unspecified atom stereocenters. The number of fused-ring (bicyclic) bond motifs is 1. The van der Waals surface area contributed by atoms with Crippen molar-refractivity contribution in [1.82, 2.24) is 8.96 Å². The SMILES string of the molecule is COC(=O)CS(=O)(=O)n1c(=S)[nH]c2ccc(OC)cc21. The summed E-state index contributed by atoms with van der Waals surface area (Å²) < 4.78 is 34.8. The zero-order chi connectivity index (χ0) is 14.9. The third-order valence-corrected chi connectivity index (χ3v) is 4.59. The number of H-pyrrole nitrogens is 1. The van der Waals surface area contributed by atoms with Crippen molar-refractivity contribution in [3.05, 3.63) is 23.0 Å². The number of methoxy groups -OCH3 is 2. The number of rotatable bonds is 4. The Labute approximate surface area is 120 Å². The number of hydrogen-bond acceptors (Lipinski definition) is 6. The number of nitrogens with one attached hydrogen (secondary N) is 1. The third-order valence-electron chi connectivity index (χ3n) is 2.66. The van der Waals surface area contributed by atoms with Crippen LogP contribution in [0.2, 0.25) is 0 Å². The molecule has 2 rings (SSSR count). The average molecular weight is 316 g/mol. The van der Waals surface area contributed by atoms with Crippen molar-refractivity contribution < 1.29 is 22.7 Å². The number of esters is 1. The van der Waals surface area contributed by atoms with Gasteiger partial charge in [-0.1, -0.05) is 0 Å². The van der Waals surface area contributed by atoms with Crippen LogP contribution in [0.4, 0.5) is 0 Å². The first-order valence-corrected chi connectivity index (χ1v) is 7.49. The van der Waals surface area contributed by atoms with Crippen molar-refractivity contribution in [2.75, 3.05) is 20.0 Å². The van der Waals surface area contributed by atoms with Crippen LogP contribution in [0.15, 0.2) is 18.2 Å². The fourth-order valence-electron chi connectivity index (χ4n) is 1.74. The topological polar surface area (TPSA) is 90.4 Å². The monoisotopic (exact) mass is 316 g/mol. The van der Waals surface area contributed by atoms with E-state index in [1.807, 2.05) is 0 Å². The molecule has 20 heavy (non-hydrogen) atoms. The highest BCUT2D eigenvalue weighted by Gasteiger charge is 2.23. The Hall–Kier alpha value is -1.87. The van der Waals surface area contributed by atoms with Gasteiger partial charge in [-0.3, -0.25) is 4.79 Å². The summed E-state index contributed by atoms with van der Waals surface area (Å²) in [6, 6.07) is 4.84. The Balaban J connectivity index is 2.67. The second-order valence-electron chi connectivity index (χ2n) is 3.91. The summed E-state index contributed by atoms with van der Waals surface area (Å²) in [5.41, 5.74) is 0.850. The largest absolute Gasteiger partial charge is 0.497 e. The normalized spacial score (nSPS) is 11.5. The van der Waals surface area contributed by atoms with Crippen molar-refractivity contribution in [1.29, 1.82) is 0 Å². The molecule has 2 aromatic rings. The molecule has 0 atom stereocenters. The van der Waals surface area contributed by atoms with Gasteiger partial charge in [0.15, 0.2) is 10.5 Å². The van der Waals surface area contributed by atoms with Gasteiger partial charge in [-0.25, -0.2) is 12.4 Å². The number of aromatic nitrogens is 2. The molecule has 0 radical (unpaired) electrons. The van der Waals surface area contributed by atoms with Gasteiger partial charge in [0, 0.05) is 6.07 Å². The molecule has 1 heterocycles. The molecule has 0 saturated carbocycles. The van der Waals surface area contributed by atoms with E-state index in [0.717, 1.165) is 11.1 Å². The number of hydrogen-bond donors (Lipinski definition) is 1.